The zero-order chi connectivity index (χ0) is 18.0. The van der Waals surface area contributed by atoms with E-state index in [1.165, 1.54) is 0 Å². The van der Waals surface area contributed by atoms with Crippen molar-refractivity contribution in [2.24, 2.45) is 5.92 Å². The van der Waals surface area contributed by atoms with E-state index in [-0.39, 0.29) is 17.4 Å². The van der Waals surface area contributed by atoms with Gasteiger partial charge in [-0.1, -0.05) is 25.1 Å². The van der Waals surface area contributed by atoms with Crippen LogP contribution in [0.1, 0.15) is 40.7 Å². The van der Waals surface area contributed by atoms with Gasteiger partial charge in [-0.2, -0.15) is 0 Å². The Morgan fingerprint density at radius 2 is 2.08 bits per heavy atom. The Bertz CT molecular complexity index is 925. The van der Waals surface area contributed by atoms with Crippen molar-refractivity contribution in [2.45, 2.75) is 20.8 Å². The van der Waals surface area contributed by atoms with E-state index in [4.69, 9.17) is 4.52 Å². The van der Waals surface area contributed by atoms with Gasteiger partial charge in [-0.15, -0.1) is 0 Å². The maximum atomic E-state index is 12.5. The fourth-order valence-electron chi connectivity index (χ4n) is 2.34. The summed E-state index contributed by atoms with van der Waals surface area (Å²) in [5.41, 5.74) is 0.771. The third-order valence-corrected chi connectivity index (χ3v) is 3.51. The number of carbonyl (C=O) groups excluding carboxylic acids is 2. The molecule has 2 amide bonds. The van der Waals surface area contributed by atoms with Gasteiger partial charge < -0.3 is 15.2 Å². The van der Waals surface area contributed by atoms with E-state index in [1.54, 1.807) is 41.8 Å². The first-order chi connectivity index (χ1) is 12.0. The second-order valence-corrected chi connectivity index (χ2v) is 6.12. The maximum Gasteiger partial charge on any atom is 0.293 e. The summed E-state index contributed by atoms with van der Waals surface area (Å²) in [6.45, 7) is 6.27. The van der Waals surface area contributed by atoms with Gasteiger partial charge in [-0.3, -0.25) is 14.0 Å². The number of imidazole rings is 1. The Balaban J connectivity index is 1.93. The fraction of sp³-hybridized carbons (Fsp3) is 0.294. The Morgan fingerprint density at radius 1 is 1.28 bits per heavy atom. The molecule has 25 heavy (non-hydrogen) atoms. The summed E-state index contributed by atoms with van der Waals surface area (Å²) < 4.78 is 6.51. The summed E-state index contributed by atoms with van der Waals surface area (Å²) in [5.74, 6) is 0.506. The van der Waals surface area contributed by atoms with Crippen molar-refractivity contribution in [2.75, 3.05) is 11.9 Å². The van der Waals surface area contributed by atoms with E-state index in [9.17, 15) is 9.59 Å². The highest BCUT2D eigenvalue weighted by Gasteiger charge is 2.22. The average Bonchev–Trinajstić information content (AvgIpc) is 3.16. The van der Waals surface area contributed by atoms with Crippen molar-refractivity contribution in [3.8, 4) is 0 Å². The number of hydrogen-bond acceptors (Lipinski definition) is 5. The average molecular weight is 341 g/mol. The number of pyridine rings is 1. The SMILES string of the molecule is Cc1cc(NC(=O)c2nc(C(=O)NCC(C)C)c3ccccn23)no1. The van der Waals surface area contributed by atoms with E-state index in [2.05, 4.69) is 20.8 Å². The summed E-state index contributed by atoms with van der Waals surface area (Å²) in [5, 5.41) is 9.17. The lowest BCUT2D eigenvalue weighted by Crippen LogP contribution is -2.27. The van der Waals surface area contributed by atoms with Crippen LogP contribution in [0.15, 0.2) is 35.0 Å². The number of nitrogens with one attached hydrogen (secondary N) is 2. The van der Waals surface area contributed by atoms with E-state index in [1.807, 2.05) is 13.8 Å². The van der Waals surface area contributed by atoms with Crippen LogP contribution in [0.25, 0.3) is 5.52 Å². The zero-order valence-electron chi connectivity index (χ0n) is 14.2. The van der Waals surface area contributed by atoms with Crippen molar-refractivity contribution < 1.29 is 14.1 Å². The number of nitrogens with zero attached hydrogens (tertiary/aromatic N) is 3. The lowest BCUT2D eigenvalue weighted by Gasteiger charge is -2.05. The largest absolute Gasteiger partial charge is 0.360 e. The summed E-state index contributed by atoms with van der Waals surface area (Å²) in [6, 6.07) is 6.90. The first kappa shape index (κ1) is 16.7. The second-order valence-electron chi connectivity index (χ2n) is 6.12. The number of hydrogen-bond donors (Lipinski definition) is 2. The summed E-state index contributed by atoms with van der Waals surface area (Å²) in [4.78, 5) is 29.2. The van der Waals surface area contributed by atoms with E-state index >= 15 is 0 Å². The lowest BCUT2D eigenvalue weighted by atomic mass is 10.2. The minimum atomic E-state index is -0.475. The minimum Gasteiger partial charge on any atom is -0.360 e. The molecule has 0 radical (unpaired) electrons. The Kier molecular flexibility index (Phi) is 4.51. The van der Waals surface area contributed by atoms with Crippen LogP contribution >= 0.6 is 0 Å². The molecule has 0 aliphatic carbocycles. The molecule has 3 rings (SSSR count). The summed E-state index contributed by atoms with van der Waals surface area (Å²) >= 11 is 0. The molecule has 3 aromatic rings. The molecule has 0 aliphatic heterocycles. The maximum absolute atomic E-state index is 12.5. The van der Waals surface area contributed by atoms with Crippen LogP contribution in [0, 0.1) is 12.8 Å². The summed E-state index contributed by atoms with van der Waals surface area (Å²) in [7, 11) is 0. The molecule has 0 aromatic carbocycles. The second kappa shape index (κ2) is 6.76. The molecule has 8 heteroatoms. The number of amides is 2. The third-order valence-electron chi connectivity index (χ3n) is 3.51. The molecule has 2 N–H and O–H groups in total. The highest BCUT2D eigenvalue weighted by molar-refractivity contribution is 6.05. The van der Waals surface area contributed by atoms with Crippen molar-refractivity contribution in [3.05, 3.63) is 47.7 Å². The molecule has 8 nitrogen and oxygen atoms in total. The molecule has 130 valence electrons. The van der Waals surface area contributed by atoms with Crippen molar-refractivity contribution in [3.63, 3.8) is 0 Å². The first-order valence-electron chi connectivity index (χ1n) is 7.95. The van der Waals surface area contributed by atoms with Crippen LogP contribution in [-0.2, 0) is 0 Å². The van der Waals surface area contributed by atoms with Crippen molar-refractivity contribution >= 4 is 23.1 Å². The molecule has 0 fully saturated rings. The number of aromatic nitrogens is 3. The van der Waals surface area contributed by atoms with Gasteiger partial charge in [0, 0.05) is 18.8 Å². The predicted molar refractivity (Wildman–Crippen MR) is 91.6 cm³/mol. The standard InChI is InChI=1S/C17H19N5O3/c1-10(2)9-18-16(23)14-12-6-4-5-7-22(12)15(20-14)17(24)19-13-8-11(3)25-21-13/h4-8,10H,9H2,1-3H3,(H,18,23)(H,19,21,24). The van der Waals surface area contributed by atoms with Crippen LogP contribution in [-0.4, -0.2) is 32.9 Å². The van der Waals surface area contributed by atoms with Gasteiger partial charge in [0.05, 0.1) is 5.52 Å². The van der Waals surface area contributed by atoms with E-state index < -0.39 is 5.91 Å². The number of aryl methyl sites for hydroxylation is 1. The molecule has 0 atom stereocenters. The highest BCUT2D eigenvalue weighted by Crippen LogP contribution is 2.15. The van der Waals surface area contributed by atoms with Gasteiger partial charge in [0.15, 0.2) is 11.5 Å². The molecule has 0 unspecified atom stereocenters. The highest BCUT2D eigenvalue weighted by atomic mass is 16.5. The normalized spacial score (nSPS) is 11.0. The molecule has 3 aromatic heterocycles. The smallest absolute Gasteiger partial charge is 0.293 e. The van der Waals surface area contributed by atoms with Gasteiger partial charge >= 0.3 is 0 Å². The van der Waals surface area contributed by atoms with Crippen LogP contribution in [0.2, 0.25) is 0 Å². The van der Waals surface area contributed by atoms with Crippen LogP contribution < -0.4 is 10.6 Å². The Morgan fingerprint density at radius 3 is 2.76 bits per heavy atom. The monoisotopic (exact) mass is 341 g/mol. The molecule has 0 aliphatic rings. The number of anilines is 1. The zero-order valence-corrected chi connectivity index (χ0v) is 14.2. The van der Waals surface area contributed by atoms with Gasteiger partial charge in [0.25, 0.3) is 11.8 Å². The predicted octanol–water partition coefficient (Wildman–Crippen LogP) is 2.27. The lowest BCUT2D eigenvalue weighted by molar-refractivity contribution is 0.0946. The van der Waals surface area contributed by atoms with Crippen molar-refractivity contribution in [1.29, 1.82) is 0 Å². The van der Waals surface area contributed by atoms with Crippen LogP contribution in [0.5, 0.6) is 0 Å². The minimum absolute atomic E-state index is 0.103. The number of fused-ring (bicyclic) bond motifs is 1. The van der Waals surface area contributed by atoms with Gasteiger partial charge in [0.2, 0.25) is 5.82 Å². The van der Waals surface area contributed by atoms with Gasteiger partial charge in [0.1, 0.15) is 5.76 Å². The Hall–Kier alpha value is -3.16. The number of carbonyl (C=O) groups is 2. The quantitative estimate of drug-likeness (QED) is 0.741. The van der Waals surface area contributed by atoms with Gasteiger partial charge in [-0.05, 0) is 25.0 Å². The van der Waals surface area contributed by atoms with E-state index in [0.29, 0.717) is 29.6 Å². The van der Waals surface area contributed by atoms with Crippen LogP contribution in [0.4, 0.5) is 5.82 Å². The van der Waals surface area contributed by atoms with Crippen molar-refractivity contribution in [1.82, 2.24) is 19.9 Å². The molecule has 0 saturated carbocycles. The van der Waals surface area contributed by atoms with Crippen LogP contribution in [0.3, 0.4) is 0 Å². The van der Waals surface area contributed by atoms with Gasteiger partial charge in [-0.25, -0.2) is 4.98 Å². The third kappa shape index (κ3) is 3.52. The molecule has 0 spiro atoms. The Labute approximate surface area is 144 Å². The number of rotatable bonds is 5. The molecule has 3 heterocycles. The molecular weight excluding hydrogens is 322 g/mol. The molecule has 0 bridgehead atoms. The van der Waals surface area contributed by atoms with E-state index in [0.717, 1.165) is 0 Å². The molecular formula is C17H19N5O3. The molecule has 0 saturated heterocycles. The first-order valence-corrected chi connectivity index (χ1v) is 7.95. The fourth-order valence-corrected chi connectivity index (χ4v) is 2.34. The summed E-state index contributed by atoms with van der Waals surface area (Å²) in [6.07, 6.45) is 1.69. The topological polar surface area (TPSA) is 102 Å².